The van der Waals surface area contributed by atoms with Crippen LogP contribution in [0.5, 0.6) is 0 Å². The van der Waals surface area contributed by atoms with E-state index in [1.54, 1.807) is 22.9 Å². The first-order chi connectivity index (χ1) is 12.1. The highest BCUT2D eigenvalue weighted by Crippen LogP contribution is 2.29. The number of hydrogen-bond acceptors (Lipinski definition) is 5. The van der Waals surface area contributed by atoms with Crippen molar-refractivity contribution in [3.63, 3.8) is 0 Å². The largest absolute Gasteiger partial charge is 0.423 e. The van der Waals surface area contributed by atoms with E-state index in [2.05, 4.69) is 15.4 Å². The van der Waals surface area contributed by atoms with Gasteiger partial charge >= 0.3 is 0 Å². The number of fused-ring (bicyclic) bond motifs is 1. The molecular weight excluding hydrogens is 323 g/mol. The number of rotatable bonds is 3. The lowest BCUT2D eigenvalue weighted by Gasteiger charge is -2.29. The summed E-state index contributed by atoms with van der Waals surface area (Å²) in [6.07, 6.45) is 3.51. The second-order valence-electron chi connectivity index (χ2n) is 6.54. The molecule has 0 aliphatic heterocycles. The molecule has 0 bridgehead atoms. The van der Waals surface area contributed by atoms with E-state index in [1.165, 1.54) is 12.1 Å². The van der Waals surface area contributed by atoms with Gasteiger partial charge in [0.05, 0.1) is 11.7 Å². The smallest absolute Gasteiger partial charge is 0.295 e. The maximum atomic E-state index is 13.2. The van der Waals surface area contributed by atoms with E-state index in [1.807, 2.05) is 6.92 Å². The van der Waals surface area contributed by atoms with Crippen molar-refractivity contribution in [3.8, 4) is 0 Å². The molecule has 0 saturated heterocycles. The maximum Gasteiger partial charge on any atom is 0.295 e. The van der Waals surface area contributed by atoms with Gasteiger partial charge in [-0.05, 0) is 50.8 Å². The molecule has 0 amide bonds. The summed E-state index contributed by atoms with van der Waals surface area (Å²) < 4.78 is 20.4. The zero-order valence-corrected chi connectivity index (χ0v) is 13.9. The number of aryl methyl sites for hydroxylation is 1. The summed E-state index contributed by atoms with van der Waals surface area (Å²) in [5, 5.41) is 7.64. The first-order valence-corrected chi connectivity index (χ1v) is 8.47. The molecule has 1 fully saturated rings. The van der Waals surface area contributed by atoms with E-state index in [0.29, 0.717) is 17.1 Å². The Balaban J connectivity index is 1.43. The number of nitrogens with zero attached hydrogens (tertiary/aromatic N) is 3. The monoisotopic (exact) mass is 342 g/mol. The van der Waals surface area contributed by atoms with Crippen molar-refractivity contribution < 1.29 is 8.81 Å². The standard InChI is InChI=1S/C18H19FN4O2/c1-11-2-9-17(24)23(22-11)14-6-4-13(5-7-14)20-18-21-15-8-3-12(19)10-16(15)25-18/h2-3,8-10,13-14H,4-7H2,1H3,(H,20,21). The second kappa shape index (κ2) is 6.31. The Morgan fingerprint density at radius 1 is 1.20 bits per heavy atom. The Morgan fingerprint density at radius 3 is 2.80 bits per heavy atom. The summed E-state index contributed by atoms with van der Waals surface area (Å²) in [5.41, 5.74) is 1.86. The van der Waals surface area contributed by atoms with Crippen molar-refractivity contribution in [1.29, 1.82) is 0 Å². The topological polar surface area (TPSA) is 73.0 Å². The lowest BCUT2D eigenvalue weighted by Crippen LogP contribution is -2.33. The van der Waals surface area contributed by atoms with Crippen LogP contribution in [-0.2, 0) is 0 Å². The highest BCUT2D eigenvalue weighted by atomic mass is 19.1. The summed E-state index contributed by atoms with van der Waals surface area (Å²) in [7, 11) is 0. The molecule has 1 saturated carbocycles. The molecule has 4 rings (SSSR count). The quantitative estimate of drug-likeness (QED) is 0.789. The van der Waals surface area contributed by atoms with Gasteiger partial charge in [-0.2, -0.15) is 10.1 Å². The Labute approximate surface area is 143 Å². The average molecular weight is 342 g/mol. The highest BCUT2D eigenvalue weighted by Gasteiger charge is 2.24. The van der Waals surface area contributed by atoms with Gasteiger partial charge in [-0.15, -0.1) is 0 Å². The maximum absolute atomic E-state index is 13.2. The van der Waals surface area contributed by atoms with Crippen molar-refractivity contribution >= 4 is 17.1 Å². The molecular formula is C18H19FN4O2. The molecule has 1 aromatic carbocycles. The summed E-state index contributed by atoms with van der Waals surface area (Å²) in [4.78, 5) is 16.3. The molecule has 0 unspecified atom stereocenters. The third-order valence-corrected chi connectivity index (χ3v) is 4.68. The minimum absolute atomic E-state index is 0.0528. The van der Waals surface area contributed by atoms with E-state index in [4.69, 9.17) is 4.42 Å². The number of halogens is 1. The van der Waals surface area contributed by atoms with Gasteiger partial charge in [0, 0.05) is 18.2 Å². The summed E-state index contributed by atoms with van der Waals surface area (Å²) in [5.74, 6) is -0.341. The fourth-order valence-electron chi connectivity index (χ4n) is 3.38. The average Bonchev–Trinajstić information content (AvgIpc) is 2.99. The number of anilines is 1. The van der Waals surface area contributed by atoms with Crippen LogP contribution in [0.3, 0.4) is 0 Å². The molecule has 3 aromatic rings. The lowest BCUT2D eigenvalue weighted by molar-refractivity contribution is 0.300. The third-order valence-electron chi connectivity index (χ3n) is 4.68. The van der Waals surface area contributed by atoms with Gasteiger partial charge in [-0.25, -0.2) is 9.07 Å². The third kappa shape index (κ3) is 3.26. The molecule has 130 valence electrons. The Hall–Kier alpha value is -2.70. The molecule has 1 N–H and O–H groups in total. The molecule has 1 aliphatic carbocycles. The summed E-state index contributed by atoms with van der Waals surface area (Å²) >= 11 is 0. The first kappa shape index (κ1) is 15.8. The van der Waals surface area contributed by atoms with Gasteiger partial charge in [0.15, 0.2) is 5.58 Å². The van der Waals surface area contributed by atoms with Crippen LogP contribution in [0.25, 0.3) is 11.1 Å². The predicted octanol–water partition coefficient (Wildman–Crippen LogP) is 3.43. The van der Waals surface area contributed by atoms with Crippen LogP contribution in [0, 0.1) is 12.7 Å². The molecule has 2 heterocycles. The van der Waals surface area contributed by atoms with Crippen molar-refractivity contribution in [1.82, 2.24) is 14.8 Å². The normalized spacial score (nSPS) is 20.7. The van der Waals surface area contributed by atoms with Crippen LogP contribution in [0.1, 0.15) is 37.4 Å². The minimum atomic E-state index is -0.341. The van der Waals surface area contributed by atoms with E-state index in [9.17, 15) is 9.18 Å². The summed E-state index contributed by atoms with van der Waals surface area (Å²) in [6.45, 7) is 1.89. The van der Waals surface area contributed by atoms with Crippen LogP contribution >= 0.6 is 0 Å². The van der Waals surface area contributed by atoms with Gasteiger partial charge in [0.2, 0.25) is 0 Å². The van der Waals surface area contributed by atoms with E-state index in [0.717, 1.165) is 31.4 Å². The lowest BCUT2D eigenvalue weighted by atomic mass is 9.91. The van der Waals surface area contributed by atoms with Gasteiger partial charge in [-0.1, -0.05) is 0 Å². The van der Waals surface area contributed by atoms with Gasteiger partial charge in [0.25, 0.3) is 11.6 Å². The fourth-order valence-corrected chi connectivity index (χ4v) is 3.38. The van der Waals surface area contributed by atoms with Crippen LogP contribution in [0.2, 0.25) is 0 Å². The number of hydrogen-bond donors (Lipinski definition) is 1. The molecule has 0 radical (unpaired) electrons. The van der Waals surface area contributed by atoms with Crippen LogP contribution in [0.15, 0.2) is 39.5 Å². The number of oxazole rings is 1. The number of aromatic nitrogens is 3. The molecule has 25 heavy (non-hydrogen) atoms. The molecule has 6 nitrogen and oxygen atoms in total. The Bertz CT molecular complexity index is 957. The van der Waals surface area contributed by atoms with Crippen LogP contribution < -0.4 is 10.9 Å². The minimum Gasteiger partial charge on any atom is -0.423 e. The summed E-state index contributed by atoms with van der Waals surface area (Å²) in [6, 6.07) is 8.37. The van der Waals surface area contributed by atoms with Gasteiger partial charge in [0.1, 0.15) is 11.3 Å². The number of benzene rings is 1. The van der Waals surface area contributed by atoms with Crippen molar-refractivity contribution in [2.75, 3.05) is 5.32 Å². The predicted molar refractivity (Wildman–Crippen MR) is 92.1 cm³/mol. The second-order valence-corrected chi connectivity index (χ2v) is 6.54. The van der Waals surface area contributed by atoms with Crippen LogP contribution in [-0.4, -0.2) is 20.8 Å². The first-order valence-electron chi connectivity index (χ1n) is 8.47. The van der Waals surface area contributed by atoms with Crippen molar-refractivity contribution in [2.24, 2.45) is 0 Å². The molecule has 1 aliphatic rings. The van der Waals surface area contributed by atoms with E-state index in [-0.39, 0.29) is 23.5 Å². The Kier molecular flexibility index (Phi) is 3.99. The Morgan fingerprint density at radius 2 is 2.00 bits per heavy atom. The van der Waals surface area contributed by atoms with Crippen molar-refractivity contribution in [2.45, 2.75) is 44.7 Å². The molecule has 0 atom stereocenters. The van der Waals surface area contributed by atoms with E-state index >= 15 is 0 Å². The molecule has 2 aromatic heterocycles. The zero-order valence-electron chi connectivity index (χ0n) is 13.9. The van der Waals surface area contributed by atoms with E-state index < -0.39 is 0 Å². The van der Waals surface area contributed by atoms with Crippen molar-refractivity contribution in [3.05, 3.63) is 52.2 Å². The van der Waals surface area contributed by atoms with Crippen LogP contribution in [0.4, 0.5) is 10.4 Å². The van der Waals surface area contributed by atoms with Gasteiger partial charge in [-0.3, -0.25) is 4.79 Å². The number of nitrogens with one attached hydrogen (secondary N) is 1. The molecule has 0 spiro atoms. The fraction of sp³-hybridized carbons (Fsp3) is 0.389. The van der Waals surface area contributed by atoms with Gasteiger partial charge < -0.3 is 9.73 Å². The SMILES string of the molecule is Cc1ccc(=O)n(C2CCC(Nc3nc4ccc(F)cc4o3)CC2)n1. The zero-order chi connectivity index (χ0) is 17.4. The molecule has 7 heteroatoms. The highest BCUT2D eigenvalue weighted by molar-refractivity contribution is 5.74.